The quantitative estimate of drug-likeness (QED) is 0.818. The Hall–Kier alpha value is -2.30. The highest BCUT2D eigenvalue weighted by molar-refractivity contribution is 5.99. The summed E-state index contributed by atoms with van der Waals surface area (Å²) in [4.78, 5) is 22.7. The summed E-state index contributed by atoms with van der Waals surface area (Å²) < 4.78 is 5.67. The number of furan rings is 1. The van der Waals surface area contributed by atoms with E-state index in [4.69, 9.17) is 10.2 Å². The third kappa shape index (κ3) is 2.82. The Morgan fingerprint density at radius 1 is 1.30 bits per heavy atom. The van der Waals surface area contributed by atoms with Crippen molar-refractivity contribution < 1.29 is 14.0 Å². The molecular weight excluding hydrogens is 256 g/mol. The lowest BCUT2D eigenvalue weighted by Crippen LogP contribution is -2.25. The second kappa shape index (κ2) is 5.77. The number of nitrogens with two attached hydrogens (primary N) is 1. The third-order valence-electron chi connectivity index (χ3n) is 3.25. The molecule has 0 aliphatic heterocycles. The zero-order chi connectivity index (χ0) is 14.7. The van der Waals surface area contributed by atoms with Crippen molar-refractivity contribution in [2.45, 2.75) is 26.7 Å². The molecule has 0 atom stereocenters. The highest BCUT2D eigenvalue weighted by Crippen LogP contribution is 2.27. The van der Waals surface area contributed by atoms with Gasteiger partial charge in [-0.2, -0.15) is 0 Å². The highest BCUT2D eigenvalue weighted by Gasteiger charge is 2.17. The highest BCUT2D eigenvalue weighted by atomic mass is 16.3. The van der Waals surface area contributed by atoms with E-state index >= 15 is 0 Å². The van der Waals surface area contributed by atoms with Crippen LogP contribution in [0.5, 0.6) is 0 Å². The van der Waals surface area contributed by atoms with Crippen molar-refractivity contribution in [3.8, 4) is 0 Å². The predicted molar refractivity (Wildman–Crippen MR) is 76.4 cm³/mol. The van der Waals surface area contributed by atoms with Crippen LogP contribution in [0.15, 0.2) is 22.6 Å². The fourth-order valence-electron chi connectivity index (χ4n) is 2.15. The molecule has 0 aliphatic carbocycles. The minimum absolute atomic E-state index is 0.262. The van der Waals surface area contributed by atoms with Crippen LogP contribution in [0, 0.1) is 13.8 Å². The Morgan fingerprint density at radius 3 is 2.70 bits per heavy atom. The standard InChI is InChI=1S/C15H18N2O3/c1-9-5-3-6-11-10(2)14(20-13(9)11)15(19)17-8-4-7-12(16)18/h3,5-6H,4,7-8H2,1-2H3,(H2,16,18)(H,17,19). The van der Waals surface area contributed by atoms with Gasteiger partial charge in [0.25, 0.3) is 5.91 Å². The van der Waals surface area contributed by atoms with Crippen LogP contribution < -0.4 is 11.1 Å². The van der Waals surface area contributed by atoms with E-state index in [1.54, 1.807) is 0 Å². The maximum Gasteiger partial charge on any atom is 0.287 e. The van der Waals surface area contributed by atoms with E-state index in [0.717, 1.165) is 22.1 Å². The molecule has 0 fully saturated rings. The lowest BCUT2D eigenvalue weighted by Gasteiger charge is -2.02. The smallest absolute Gasteiger partial charge is 0.287 e. The number of aryl methyl sites for hydroxylation is 2. The topological polar surface area (TPSA) is 85.3 Å². The van der Waals surface area contributed by atoms with E-state index in [1.165, 1.54) is 0 Å². The Bertz CT molecular complexity index is 658. The normalized spacial score (nSPS) is 10.7. The van der Waals surface area contributed by atoms with Gasteiger partial charge in [0.05, 0.1) is 0 Å². The second-order valence-corrected chi connectivity index (χ2v) is 4.83. The van der Waals surface area contributed by atoms with E-state index < -0.39 is 0 Å². The van der Waals surface area contributed by atoms with Gasteiger partial charge in [-0.05, 0) is 25.8 Å². The molecule has 1 aromatic heterocycles. The van der Waals surface area contributed by atoms with Gasteiger partial charge in [-0.15, -0.1) is 0 Å². The zero-order valence-electron chi connectivity index (χ0n) is 11.7. The van der Waals surface area contributed by atoms with E-state index in [0.29, 0.717) is 18.7 Å². The molecule has 0 saturated carbocycles. The van der Waals surface area contributed by atoms with Gasteiger partial charge in [0.2, 0.25) is 5.91 Å². The van der Waals surface area contributed by atoms with Gasteiger partial charge in [-0.1, -0.05) is 18.2 Å². The lowest BCUT2D eigenvalue weighted by molar-refractivity contribution is -0.118. The second-order valence-electron chi connectivity index (χ2n) is 4.83. The number of benzene rings is 1. The molecule has 1 aromatic carbocycles. The molecule has 5 nitrogen and oxygen atoms in total. The third-order valence-corrected chi connectivity index (χ3v) is 3.25. The fraction of sp³-hybridized carbons (Fsp3) is 0.333. The minimum Gasteiger partial charge on any atom is -0.450 e. The molecule has 20 heavy (non-hydrogen) atoms. The van der Waals surface area contributed by atoms with Crippen LogP contribution >= 0.6 is 0 Å². The van der Waals surface area contributed by atoms with Crippen molar-refractivity contribution in [1.82, 2.24) is 5.32 Å². The van der Waals surface area contributed by atoms with Crippen LogP contribution in [0.25, 0.3) is 11.0 Å². The minimum atomic E-state index is -0.366. The Balaban J connectivity index is 2.12. The van der Waals surface area contributed by atoms with E-state index in [2.05, 4.69) is 5.32 Å². The summed E-state index contributed by atoms with van der Waals surface area (Å²) in [6.07, 6.45) is 0.790. The first-order valence-corrected chi connectivity index (χ1v) is 6.56. The number of primary amides is 1. The van der Waals surface area contributed by atoms with E-state index in [-0.39, 0.29) is 18.2 Å². The maximum atomic E-state index is 12.1. The summed E-state index contributed by atoms with van der Waals surface area (Å²) in [6, 6.07) is 5.82. The zero-order valence-corrected chi connectivity index (χ0v) is 11.7. The first kappa shape index (κ1) is 14.1. The van der Waals surface area contributed by atoms with Crippen LogP contribution in [0.1, 0.15) is 34.5 Å². The van der Waals surface area contributed by atoms with Crippen molar-refractivity contribution >= 4 is 22.8 Å². The van der Waals surface area contributed by atoms with Gasteiger partial charge >= 0.3 is 0 Å². The van der Waals surface area contributed by atoms with Gasteiger partial charge in [-0.3, -0.25) is 9.59 Å². The van der Waals surface area contributed by atoms with Crippen molar-refractivity contribution in [1.29, 1.82) is 0 Å². The first-order valence-electron chi connectivity index (χ1n) is 6.56. The summed E-state index contributed by atoms with van der Waals surface area (Å²) in [5, 5.41) is 3.69. The molecule has 0 radical (unpaired) electrons. The van der Waals surface area contributed by atoms with Crippen molar-refractivity contribution in [2.24, 2.45) is 5.73 Å². The molecule has 2 aromatic rings. The summed E-state index contributed by atoms with van der Waals surface area (Å²) in [6.45, 7) is 4.21. The van der Waals surface area contributed by atoms with Crippen molar-refractivity contribution in [2.75, 3.05) is 6.54 Å². The number of amides is 2. The summed E-state index contributed by atoms with van der Waals surface area (Å²) in [5.74, 6) is -0.300. The Labute approximate surface area is 117 Å². The Kier molecular flexibility index (Phi) is 4.08. The van der Waals surface area contributed by atoms with Gasteiger partial charge in [0.1, 0.15) is 5.58 Å². The molecule has 0 aliphatic rings. The van der Waals surface area contributed by atoms with Crippen LogP contribution in [-0.2, 0) is 4.79 Å². The van der Waals surface area contributed by atoms with Crippen molar-refractivity contribution in [3.63, 3.8) is 0 Å². The number of hydrogen-bond donors (Lipinski definition) is 2. The summed E-state index contributed by atoms with van der Waals surface area (Å²) in [7, 11) is 0. The number of fused-ring (bicyclic) bond motifs is 1. The number of nitrogens with one attached hydrogen (secondary N) is 1. The maximum absolute atomic E-state index is 12.1. The van der Waals surface area contributed by atoms with Crippen LogP contribution in [0.2, 0.25) is 0 Å². The Morgan fingerprint density at radius 2 is 2.05 bits per heavy atom. The SMILES string of the molecule is Cc1c(C(=O)NCCCC(N)=O)oc2c(C)cccc12. The molecule has 5 heteroatoms. The summed E-state index contributed by atoms with van der Waals surface area (Å²) >= 11 is 0. The molecule has 106 valence electrons. The van der Waals surface area contributed by atoms with E-state index in [9.17, 15) is 9.59 Å². The number of carbonyl (C=O) groups excluding carboxylic acids is 2. The molecule has 1 heterocycles. The lowest BCUT2D eigenvalue weighted by atomic mass is 10.1. The fourth-order valence-corrected chi connectivity index (χ4v) is 2.15. The number of hydrogen-bond acceptors (Lipinski definition) is 3. The number of para-hydroxylation sites is 1. The van der Waals surface area contributed by atoms with Gasteiger partial charge < -0.3 is 15.5 Å². The molecular formula is C15H18N2O3. The number of carbonyl (C=O) groups is 2. The van der Waals surface area contributed by atoms with Gasteiger partial charge in [0, 0.05) is 23.9 Å². The van der Waals surface area contributed by atoms with Crippen molar-refractivity contribution in [3.05, 3.63) is 35.1 Å². The number of rotatable bonds is 5. The van der Waals surface area contributed by atoms with E-state index in [1.807, 2.05) is 32.0 Å². The molecule has 0 spiro atoms. The predicted octanol–water partition coefficient (Wildman–Crippen LogP) is 2.04. The average molecular weight is 274 g/mol. The molecule has 0 saturated heterocycles. The summed E-state index contributed by atoms with van der Waals surface area (Å²) in [5.41, 5.74) is 7.61. The first-order chi connectivity index (χ1) is 9.50. The molecule has 2 amide bonds. The van der Waals surface area contributed by atoms with Gasteiger partial charge in [0.15, 0.2) is 5.76 Å². The van der Waals surface area contributed by atoms with Crippen LogP contribution in [-0.4, -0.2) is 18.4 Å². The van der Waals surface area contributed by atoms with Crippen LogP contribution in [0.3, 0.4) is 0 Å². The largest absolute Gasteiger partial charge is 0.450 e. The monoisotopic (exact) mass is 274 g/mol. The molecule has 0 unspecified atom stereocenters. The van der Waals surface area contributed by atoms with Crippen LogP contribution in [0.4, 0.5) is 0 Å². The van der Waals surface area contributed by atoms with Gasteiger partial charge in [-0.25, -0.2) is 0 Å². The molecule has 3 N–H and O–H groups in total. The molecule has 0 bridgehead atoms. The molecule has 2 rings (SSSR count). The average Bonchev–Trinajstić information content (AvgIpc) is 2.74.